The SMILES string of the molecule is O=C(CCN1CCCC1)OCCCCC(=O)OCc1ccccc1. The lowest BCUT2D eigenvalue weighted by atomic mass is 10.2. The Morgan fingerprint density at radius 3 is 2.38 bits per heavy atom. The lowest BCUT2D eigenvalue weighted by Crippen LogP contribution is -2.23. The molecule has 24 heavy (non-hydrogen) atoms. The molecule has 0 unspecified atom stereocenters. The van der Waals surface area contributed by atoms with Gasteiger partial charge in [-0.2, -0.15) is 0 Å². The molecule has 0 atom stereocenters. The number of esters is 2. The van der Waals surface area contributed by atoms with E-state index in [1.54, 1.807) is 0 Å². The Morgan fingerprint density at radius 2 is 1.62 bits per heavy atom. The number of ether oxygens (including phenoxy) is 2. The second-order valence-corrected chi connectivity index (χ2v) is 6.12. The average molecular weight is 333 g/mol. The van der Waals surface area contributed by atoms with Crippen LogP contribution < -0.4 is 0 Å². The molecule has 0 saturated carbocycles. The van der Waals surface area contributed by atoms with E-state index in [0.717, 1.165) is 25.2 Å². The number of hydrogen-bond donors (Lipinski definition) is 0. The fourth-order valence-corrected chi connectivity index (χ4v) is 2.70. The first kappa shape index (κ1) is 18.5. The number of nitrogens with zero attached hydrogens (tertiary/aromatic N) is 1. The van der Waals surface area contributed by atoms with Crippen LogP contribution in [-0.4, -0.2) is 43.1 Å². The highest BCUT2D eigenvalue weighted by Crippen LogP contribution is 2.08. The first-order valence-corrected chi connectivity index (χ1v) is 8.81. The van der Waals surface area contributed by atoms with Crippen LogP contribution in [0.3, 0.4) is 0 Å². The van der Waals surface area contributed by atoms with Crippen LogP contribution >= 0.6 is 0 Å². The van der Waals surface area contributed by atoms with Gasteiger partial charge in [0.1, 0.15) is 6.61 Å². The molecule has 1 aromatic carbocycles. The predicted octanol–water partition coefficient (Wildman–Crippen LogP) is 2.93. The van der Waals surface area contributed by atoms with Gasteiger partial charge < -0.3 is 14.4 Å². The summed E-state index contributed by atoms with van der Waals surface area (Å²) in [6, 6.07) is 9.62. The monoisotopic (exact) mass is 333 g/mol. The predicted molar refractivity (Wildman–Crippen MR) is 91.3 cm³/mol. The highest BCUT2D eigenvalue weighted by atomic mass is 16.5. The van der Waals surface area contributed by atoms with Crippen LogP contribution in [0.5, 0.6) is 0 Å². The third-order valence-corrected chi connectivity index (χ3v) is 4.11. The fourth-order valence-electron chi connectivity index (χ4n) is 2.70. The topological polar surface area (TPSA) is 55.8 Å². The Balaban J connectivity index is 1.44. The average Bonchev–Trinajstić information content (AvgIpc) is 3.12. The summed E-state index contributed by atoms with van der Waals surface area (Å²) in [4.78, 5) is 25.5. The van der Waals surface area contributed by atoms with Crippen molar-refractivity contribution in [1.82, 2.24) is 4.90 Å². The van der Waals surface area contributed by atoms with Crippen LogP contribution in [0.25, 0.3) is 0 Å². The smallest absolute Gasteiger partial charge is 0.307 e. The molecule has 5 nitrogen and oxygen atoms in total. The third-order valence-electron chi connectivity index (χ3n) is 4.11. The van der Waals surface area contributed by atoms with E-state index >= 15 is 0 Å². The van der Waals surface area contributed by atoms with E-state index in [0.29, 0.717) is 38.9 Å². The van der Waals surface area contributed by atoms with Crippen molar-refractivity contribution < 1.29 is 19.1 Å². The number of rotatable bonds is 10. The van der Waals surface area contributed by atoms with E-state index in [1.165, 1.54) is 12.8 Å². The van der Waals surface area contributed by atoms with Crippen LogP contribution in [-0.2, 0) is 25.7 Å². The molecule has 0 aliphatic carbocycles. The fraction of sp³-hybridized carbons (Fsp3) is 0.579. The Kier molecular flexibility index (Phi) is 8.32. The summed E-state index contributed by atoms with van der Waals surface area (Å²) >= 11 is 0. The molecule has 0 amide bonds. The number of hydrogen-bond acceptors (Lipinski definition) is 5. The first-order valence-electron chi connectivity index (χ1n) is 8.81. The van der Waals surface area contributed by atoms with Gasteiger partial charge in [-0.25, -0.2) is 0 Å². The lowest BCUT2D eigenvalue weighted by molar-refractivity contribution is -0.145. The van der Waals surface area contributed by atoms with Crippen molar-refractivity contribution in [3.05, 3.63) is 35.9 Å². The molecule has 1 aliphatic rings. The minimum atomic E-state index is -0.209. The van der Waals surface area contributed by atoms with Gasteiger partial charge in [-0.15, -0.1) is 0 Å². The van der Waals surface area contributed by atoms with Gasteiger partial charge in [0.05, 0.1) is 13.0 Å². The Morgan fingerprint density at radius 1 is 0.917 bits per heavy atom. The molecule has 0 bridgehead atoms. The molecule has 0 radical (unpaired) electrons. The largest absolute Gasteiger partial charge is 0.466 e. The quantitative estimate of drug-likeness (QED) is 0.487. The molecule has 1 heterocycles. The maximum absolute atomic E-state index is 11.6. The zero-order chi connectivity index (χ0) is 17.0. The van der Waals surface area contributed by atoms with Gasteiger partial charge in [0, 0.05) is 13.0 Å². The van der Waals surface area contributed by atoms with Crippen molar-refractivity contribution in [1.29, 1.82) is 0 Å². The minimum absolute atomic E-state index is 0.145. The molecular weight excluding hydrogens is 306 g/mol. The van der Waals surface area contributed by atoms with Crippen LogP contribution in [0, 0.1) is 0 Å². The molecule has 0 N–H and O–H groups in total. The zero-order valence-electron chi connectivity index (χ0n) is 14.2. The number of carbonyl (C=O) groups is 2. The van der Waals surface area contributed by atoms with Crippen molar-refractivity contribution in [2.24, 2.45) is 0 Å². The van der Waals surface area contributed by atoms with E-state index in [9.17, 15) is 9.59 Å². The summed E-state index contributed by atoms with van der Waals surface area (Å²) in [6.45, 7) is 3.68. The minimum Gasteiger partial charge on any atom is -0.466 e. The van der Waals surface area contributed by atoms with Crippen molar-refractivity contribution in [2.45, 2.75) is 45.1 Å². The van der Waals surface area contributed by atoms with Crippen molar-refractivity contribution in [2.75, 3.05) is 26.2 Å². The van der Waals surface area contributed by atoms with E-state index in [4.69, 9.17) is 9.47 Å². The third kappa shape index (κ3) is 7.59. The molecular formula is C19H27NO4. The van der Waals surface area contributed by atoms with Gasteiger partial charge in [0.15, 0.2) is 0 Å². The lowest BCUT2D eigenvalue weighted by Gasteiger charge is -2.13. The summed E-state index contributed by atoms with van der Waals surface area (Å²) in [7, 11) is 0. The van der Waals surface area contributed by atoms with E-state index in [1.807, 2.05) is 30.3 Å². The molecule has 5 heteroatoms. The van der Waals surface area contributed by atoms with Crippen LogP contribution in [0.1, 0.15) is 44.1 Å². The summed E-state index contributed by atoms with van der Waals surface area (Å²) in [6.07, 6.45) is 4.64. The van der Waals surface area contributed by atoms with Crippen LogP contribution in [0.2, 0.25) is 0 Å². The molecule has 0 spiro atoms. The van der Waals surface area contributed by atoms with Gasteiger partial charge in [-0.05, 0) is 44.3 Å². The van der Waals surface area contributed by atoms with Gasteiger partial charge >= 0.3 is 11.9 Å². The summed E-state index contributed by atoms with van der Waals surface area (Å²) < 4.78 is 10.4. The zero-order valence-corrected chi connectivity index (χ0v) is 14.2. The van der Waals surface area contributed by atoms with Gasteiger partial charge in [0.25, 0.3) is 0 Å². The number of likely N-dealkylation sites (tertiary alicyclic amines) is 1. The maximum Gasteiger partial charge on any atom is 0.307 e. The maximum atomic E-state index is 11.6. The van der Waals surface area contributed by atoms with Gasteiger partial charge in [0.2, 0.25) is 0 Å². The Bertz CT molecular complexity index is 497. The molecule has 0 aromatic heterocycles. The van der Waals surface area contributed by atoms with E-state index in [-0.39, 0.29) is 11.9 Å². The standard InChI is InChI=1S/C19H27NO4/c21-18(24-16-17-8-2-1-3-9-17)10-4-7-15-23-19(22)11-14-20-12-5-6-13-20/h1-3,8-9H,4-7,10-16H2. The van der Waals surface area contributed by atoms with Gasteiger partial charge in [-0.3, -0.25) is 9.59 Å². The van der Waals surface area contributed by atoms with E-state index in [2.05, 4.69) is 4.90 Å². The van der Waals surface area contributed by atoms with E-state index < -0.39 is 0 Å². The molecule has 2 rings (SSSR count). The second-order valence-electron chi connectivity index (χ2n) is 6.12. The normalized spacial score (nSPS) is 14.5. The molecule has 132 valence electrons. The molecule has 1 aromatic rings. The Labute approximate surface area is 143 Å². The molecule has 1 saturated heterocycles. The van der Waals surface area contributed by atoms with Crippen molar-refractivity contribution in [3.8, 4) is 0 Å². The summed E-state index contributed by atoms with van der Waals surface area (Å²) in [5.74, 6) is -0.354. The summed E-state index contributed by atoms with van der Waals surface area (Å²) in [5.41, 5.74) is 0.984. The molecule has 1 fully saturated rings. The highest BCUT2D eigenvalue weighted by molar-refractivity contribution is 5.70. The van der Waals surface area contributed by atoms with Crippen LogP contribution in [0.4, 0.5) is 0 Å². The molecule has 1 aliphatic heterocycles. The number of carbonyl (C=O) groups excluding carboxylic acids is 2. The number of benzene rings is 1. The van der Waals surface area contributed by atoms with Crippen LogP contribution in [0.15, 0.2) is 30.3 Å². The summed E-state index contributed by atoms with van der Waals surface area (Å²) in [5, 5.41) is 0. The number of unbranched alkanes of at least 4 members (excludes halogenated alkanes) is 1. The van der Waals surface area contributed by atoms with Gasteiger partial charge in [-0.1, -0.05) is 30.3 Å². The van der Waals surface area contributed by atoms with Crippen molar-refractivity contribution >= 4 is 11.9 Å². The Hall–Kier alpha value is -1.88. The second kappa shape index (κ2) is 10.8. The highest BCUT2D eigenvalue weighted by Gasteiger charge is 2.13. The first-order chi connectivity index (χ1) is 11.7. The van der Waals surface area contributed by atoms with Crippen molar-refractivity contribution in [3.63, 3.8) is 0 Å².